The summed E-state index contributed by atoms with van der Waals surface area (Å²) in [6.07, 6.45) is 3.71. The Morgan fingerprint density at radius 2 is 2.24 bits per heavy atom. The summed E-state index contributed by atoms with van der Waals surface area (Å²) >= 11 is 3.59. The number of nitrogens with one attached hydrogen (secondary N) is 1. The fraction of sp³-hybridized carbons (Fsp3) is 0.438. The van der Waals surface area contributed by atoms with E-state index in [2.05, 4.69) is 46.3 Å². The van der Waals surface area contributed by atoms with Gasteiger partial charge in [-0.3, -0.25) is 4.68 Å². The predicted molar refractivity (Wildman–Crippen MR) is 88.4 cm³/mol. The zero-order chi connectivity index (χ0) is 15.1. The van der Waals surface area contributed by atoms with Crippen LogP contribution in [-0.4, -0.2) is 22.9 Å². The molecule has 0 amide bonds. The lowest BCUT2D eigenvalue weighted by Gasteiger charge is -2.12. The third-order valence-electron chi connectivity index (χ3n) is 3.03. The molecule has 0 saturated carbocycles. The lowest BCUT2D eigenvalue weighted by molar-refractivity contribution is 0.291. The molecule has 114 valence electrons. The maximum Gasteiger partial charge on any atom is 0.119 e. The first-order valence-corrected chi connectivity index (χ1v) is 8.04. The van der Waals surface area contributed by atoms with Crippen LogP contribution in [-0.2, 0) is 13.1 Å². The van der Waals surface area contributed by atoms with Gasteiger partial charge in [0, 0.05) is 23.4 Å². The molecule has 1 aromatic carbocycles. The molecule has 2 aromatic rings. The monoisotopic (exact) mass is 351 g/mol. The van der Waals surface area contributed by atoms with Crippen molar-refractivity contribution in [3.63, 3.8) is 0 Å². The van der Waals surface area contributed by atoms with Gasteiger partial charge in [0.05, 0.1) is 6.54 Å². The molecule has 0 atom stereocenters. The Balaban J connectivity index is 1.85. The van der Waals surface area contributed by atoms with E-state index in [1.54, 1.807) is 6.20 Å². The van der Waals surface area contributed by atoms with Crippen molar-refractivity contribution in [1.29, 1.82) is 0 Å². The van der Waals surface area contributed by atoms with Crippen LogP contribution in [0.5, 0.6) is 5.75 Å². The van der Waals surface area contributed by atoms with Crippen LogP contribution >= 0.6 is 15.9 Å². The Morgan fingerprint density at radius 1 is 1.38 bits per heavy atom. The lowest BCUT2D eigenvalue weighted by atomic mass is 10.2. The van der Waals surface area contributed by atoms with E-state index in [0.717, 1.165) is 29.9 Å². The van der Waals surface area contributed by atoms with Gasteiger partial charge in [-0.2, -0.15) is 5.10 Å². The van der Waals surface area contributed by atoms with Gasteiger partial charge in [-0.1, -0.05) is 29.8 Å². The van der Waals surface area contributed by atoms with E-state index in [4.69, 9.17) is 4.74 Å². The zero-order valence-electron chi connectivity index (χ0n) is 12.6. The molecule has 1 heterocycles. The number of rotatable bonds is 8. The van der Waals surface area contributed by atoms with Crippen molar-refractivity contribution < 1.29 is 4.74 Å². The summed E-state index contributed by atoms with van der Waals surface area (Å²) in [5.74, 6) is 1.55. The zero-order valence-corrected chi connectivity index (χ0v) is 14.1. The van der Waals surface area contributed by atoms with Crippen molar-refractivity contribution in [3.8, 4) is 5.75 Å². The van der Waals surface area contributed by atoms with Crippen LogP contribution in [0, 0.1) is 5.92 Å². The van der Waals surface area contributed by atoms with Crippen molar-refractivity contribution in [2.75, 3.05) is 13.2 Å². The van der Waals surface area contributed by atoms with Gasteiger partial charge >= 0.3 is 0 Å². The molecule has 0 bridgehead atoms. The SMILES string of the molecule is CC(C)CNCc1cc(OCCn2cccn2)ccc1Br. The molecule has 0 fully saturated rings. The molecule has 0 aliphatic carbocycles. The summed E-state index contributed by atoms with van der Waals surface area (Å²) in [5, 5.41) is 7.60. The molecule has 0 radical (unpaired) electrons. The second-order valence-corrected chi connectivity index (χ2v) is 6.25. The number of hydrogen-bond acceptors (Lipinski definition) is 3. The summed E-state index contributed by atoms with van der Waals surface area (Å²) in [5.41, 5.74) is 1.22. The Morgan fingerprint density at radius 3 is 2.95 bits per heavy atom. The van der Waals surface area contributed by atoms with Gasteiger partial charge in [-0.15, -0.1) is 0 Å². The van der Waals surface area contributed by atoms with E-state index in [1.165, 1.54) is 5.56 Å². The smallest absolute Gasteiger partial charge is 0.119 e. The molecular weight excluding hydrogens is 330 g/mol. The van der Waals surface area contributed by atoms with E-state index < -0.39 is 0 Å². The molecule has 0 saturated heterocycles. The number of hydrogen-bond donors (Lipinski definition) is 1. The number of benzene rings is 1. The third-order valence-corrected chi connectivity index (χ3v) is 3.81. The van der Waals surface area contributed by atoms with E-state index in [0.29, 0.717) is 12.5 Å². The Kier molecular flexibility index (Phi) is 6.26. The first-order chi connectivity index (χ1) is 10.1. The lowest BCUT2D eigenvalue weighted by Crippen LogP contribution is -2.19. The summed E-state index contributed by atoms with van der Waals surface area (Å²) in [7, 11) is 0. The minimum atomic E-state index is 0.613. The van der Waals surface area contributed by atoms with Crippen molar-refractivity contribution >= 4 is 15.9 Å². The highest BCUT2D eigenvalue weighted by atomic mass is 79.9. The highest BCUT2D eigenvalue weighted by Gasteiger charge is 2.03. The quantitative estimate of drug-likeness (QED) is 0.791. The molecule has 0 aliphatic heterocycles. The van der Waals surface area contributed by atoms with Crippen LogP contribution in [0.3, 0.4) is 0 Å². The molecule has 0 unspecified atom stereocenters. The standard InChI is InChI=1S/C16H22BrN3O/c1-13(2)11-18-12-14-10-15(4-5-16(14)17)21-9-8-20-7-3-6-19-20/h3-7,10,13,18H,8-9,11-12H2,1-2H3. The Labute approximate surface area is 134 Å². The van der Waals surface area contributed by atoms with Gasteiger partial charge < -0.3 is 10.1 Å². The van der Waals surface area contributed by atoms with Gasteiger partial charge in [-0.25, -0.2) is 0 Å². The topological polar surface area (TPSA) is 39.1 Å². The largest absolute Gasteiger partial charge is 0.492 e. The number of aromatic nitrogens is 2. The van der Waals surface area contributed by atoms with Gasteiger partial charge in [0.1, 0.15) is 12.4 Å². The molecule has 0 aliphatic rings. The van der Waals surface area contributed by atoms with Gasteiger partial charge in [0.15, 0.2) is 0 Å². The average Bonchev–Trinajstić information content (AvgIpc) is 2.95. The molecule has 21 heavy (non-hydrogen) atoms. The predicted octanol–water partition coefficient (Wildman–Crippen LogP) is 3.47. The van der Waals surface area contributed by atoms with Crippen LogP contribution in [0.4, 0.5) is 0 Å². The molecule has 0 spiro atoms. The molecule has 2 rings (SSSR count). The van der Waals surface area contributed by atoms with Crippen molar-refractivity contribution in [2.24, 2.45) is 5.92 Å². The van der Waals surface area contributed by atoms with Crippen molar-refractivity contribution in [2.45, 2.75) is 26.9 Å². The van der Waals surface area contributed by atoms with Gasteiger partial charge in [0.25, 0.3) is 0 Å². The Hall–Kier alpha value is -1.33. The maximum atomic E-state index is 5.79. The molecule has 1 aromatic heterocycles. The van der Waals surface area contributed by atoms with E-state index in [1.807, 2.05) is 29.1 Å². The summed E-state index contributed by atoms with van der Waals surface area (Å²) in [6.45, 7) is 7.63. The normalized spacial score (nSPS) is 11.0. The van der Waals surface area contributed by atoms with Crippen molar-refractivity contribution in [3.05, 3.63) is 46.7 Å². The first kappa shape index (κ1) is 16.0. The first-order valence-electron chi connectivity index (χ1n) is 7.24. The summed E-state index contributed by atoms with van der Waals surface area (Å²) in [4.78, 5) is 0. The Bertz CT molecular complexity index is 540. The number of nitrogens with zero attached hydrogens (tertiary/aromatic N) is 2. The molecular formula is C16H22BrN3O. The van der Waals surface area contributed by atoms with Crippen molar-refractivity contribution in [1.82, 2.24) is 15.1 Å². The van der Waals surface area contributed by atoms with Gasteiger partial charge in [-0.05, 0) is 42.3 Å². The average molecular weight is 352 g/mol. The molecule has 1 N–H and O–H groups in total. The molecule has 5 heteroatoms. The van der Waals surface area contributed by atoms with E-state index in [9.17, 15) is 0 Å². The fourth-order valence-electron chi connectivity index (χ4n) is 1.96. The van der Waals surface area contributed by atoms with Crippen LogP contribution in [0.15, 0.2) is 41.1 Å². The van der Waals surface area contributed by atoms with Gasteiger partial charge in [0.2, 0.25) is 0 Å². The third kappa shape index (κ3) is 5.52. The summed E-state index contributed by atoms with van der Waals surface area (Å²) < 4.78 is 8.77. The van der Waals surface area contributed by atoms with Crippen LogP contribution < -0.4 is 10.1 Å². The van der Waals surface area contributed by atoms with E-state index in [-0.39, 0.29) is 0 Å². The van der Waals surface area contributed by atoms with E-state index >= 15 is 0 Å². The minimum Gasteiger partial charge on any atom is -0.492 e. The van der Waals surface area contributed by atoms with Crippen LogP contribution in [0.2, 0.25) is 0 Å². The minimum absolute atomic E-state index is 0.613. The molecule has 4 nitrogen and oxygen atoms in total. The second-order valence-electron chi connectivity index (χ2n) is 5.40. The number of ether oxygens (including phenoxy) is 1. The number of halogens is 1. The van der Waals surface area contributed by atoms with Crippen LogP contribution in [0.1, 0.15) is 19.4 Å². The fourth-order valence-corrected chi connectivity index (χ4v) is 2.35. The highest BCUT2D eigenvalue weighted by molar-refractivity contribution is 9.10. The maximum absolute atomic E-state index is 5.79. The second kappa shape index (κ2) is 8.20. The highest BCUT2D eigenvalue weighted by Crippen LogP contribution is 2.22. The van der Waals surface area contributed by atoms with Crippen LogP contribution in [0.25, 0.3) is 0 Å². The summed E-state index contributed by atoms with van der Waals surface area (Å²) in [6, 6.07) is 8.02.